The number of amides is 3. The molecule has 0 radical (unpaired) electrons. The van der Waals surface area contributed by atoms with Crippen LogP contribution in [0.1, 0.15) is 42.4 Å². The van der Waals surface area contributed by atoms with Crippen molar-refractivity contribution < 1.29 is 14.3 Å². The molecule has 7 heteroatoms. The van der Waals surface area contributed by atoms with Crippen molar-refractivity contribution in [3.63, 3.8) is 0 Å². The van der Waals surface area contributed by atoms with Gasteiger partial charge in [0.25, 0.3) is 0 Å². The number of carbonyl (C=O) groups is 2. The van der Waals surface area contributed by atoms with Crippen LogP contribution in [-0.4, -0.2) is 52.9 Å². The van der Waals surface area contributed by atoms with Gasteiger partial charge in [-0.15, -0.1) is 0 Å². The van der Waals surface area contributed by atoms with Crippen LogP contribution in [0.3, 0.4) is 0 Å². The van der Waals surface area contributed by atoms with E-state index in [2.05, 4.69) is 16.4 Å². The summed E-state index contributed by atoms with van der Waals surface area (Å²) in [6, 6.07) is 9.89. The number of aryl methyl sites for hydroxylation is 2. The average Bonchev–Trinajstić information content (AvgIpc) is 3.35. The maximum Gasteiger partial charge on any atom is 0.320 e. The first-order valence-electron chi connectivity index (χ1n) is 11.5. The molecule has 32 heavy (non-hydrogen) atoms. The molecule has 1 aromatic heterocycles. The largest absolute Gasteiger partial charge is 0.439 e. The highest BCUT2D eigenvalue weighted by atomic mass is 16.5. The molecule has 0 aliphatic carbocycles. The lowest BCUT2D eigenvalue weighted by Crippen LogP contribution is -2.49. The van der Waals surface area contributed by atoms with Gasteiger partial charge in [0, 0.05) is 45.0 Å². The highest BCUT2D eigenvalue weighted by Crippen LogP contribution is 2.25. The van der Waals surface area contributed by atoms with Crippen LogP contribution in [0, 0.1) is 19.8 Å². The fourth-order valence-corrected chi connectivity index (χ4v) is 4.31. The van der Waals surface area contributed by atoms with Gasteiger partial charge in [-0.1, -0.05) is 18.2 Å². The van der Waals surface area contributed by atoms with E-state index in [1.54, 1.807) is 6.20 Å². The molecule has 7 nitrogen and oxygen atoms in total. The van der Waals surface area contributed by atoms with E-state index in [0.29, 0.717) is 19.0 Å². The predicted molar refractivity (Wildman–Crippen MR) is 123 cm³/mol. The Kier molecular flexibility index (Phi) is 6.93. The summed E-state index contributed by atoms with van der Waals surface area (Å²) in [5.74, 6) is 1.16. The Labute approximate surface area is 189 Å². The van der Waals surface area contributed by atoms with Crippen molar-refractivity contribution in [2.75, 3.05) is 26.2 Å². The molecule has 3 amide bonds. The highest BCUT2D eigenvalue weighted by molar-refractivity contribution is 5.81. The number of nitrogens with one attached hydrogen (secondary N) is 1. The SMILES string of the molecule is Cc1ccc(C)c(Oc2ccc(CNC(=O)C3CCCN(C(=O)N4CCCC4)C3)cn2)c1. The number of ether oxygens (including phenoxy) is 1. The summed E-state index contributed by atoms with van der Waals surface area (Å²) >= 11 is 0. The Hall–Kier alpha value is -3.09. The standard InChI is InChI=1S/C25H32N4O3/c1-18-7-8-19(2)22(14-18)32-23-10-9-20(15-26-23)16-27-24(30)21-6-5-13-29(17-21)25(31)28-11-3-4-12-28/h7-10,14-15,21H,3-6,11-13,16-17H2,1-2H3,(H,27,30). The number of carbonyl (C=O) groups excluding carboxylic acids is 2. The minimum Gasteiger partial charge on any atom is -0.439 e. The number of hydrogen-bond donors (Lipinski definition) is 1. The maximum absolute atomic E-state index is 12.7. The van der Waals surface area contributed by atoms with Crippen molar-refractivity contribution >= 4 is 11.9 Å². The third-order valence-electron chi connectivity index (χ3n) is 6.26. The molecule has 1 unspecified atom stereocenters. The van der Waals surface area contributed by atoms with Gasteiger partial charge in [0.1, 0.15) is 5.75 Å². The quantitative estimate of drug-likeness (QED) is 0.768. The first-order chi connectivity index (χ1) is 15.5. The molecule has 0 bridgehead atoms. The first kappa shape index (κ1) is 22.1. The van der Waals surface area contributed by atoms with E-state index in [9.17, 15) is 9.59 Å². The highest BCUT2D eigenvalue weighted by Gasteiger charge is 2.31. The summed E-state index contributed by atoms with van der Waals surface area (Å²) in [5.41, 5.74) is 3.10. The van der Waals surface area contributed by atoms with Crippen LogP contribution in [0.4, 0.5) is 4.79 Å². The number of aromatic nitrogens is 1. The van der Waals surface area contributed by atoms with Crippen molar-refractivity contribution in [1.82, 2.24) is 20.1 Å². The molecule has 2 aromatic rings. The van der Waals surface area contributed by atoms with E-state index in [-0.39, 0.29) is 17.9 Å². The molecule has 2 saturated heterocycles. The Morgan fingerprint density at radius 2 is 1.84 bits per heavy atom. The van der Waals surface area contributed by atoms with E-state index in [4.69, 9.17) is 4.74 Å². The number of nitrogens with zero attached hydrogens (tertiary/aromatic N) is 3. The topological polar surface area (TPSA) is 74.8 Å². The Morgan fingerprint density at radius 3 is 2.59 bits per heavy atom. The number of hydrogen-bond acceptors (Lipinski definition) is 4. The van der Waals surface area contributed by atoms with Crippen molar-refractivity contribution in [2.45, 2.75) is 46.1 Å². The predicted octanol–water partition coefficient (Wildman–Crippen LogP) is 4.03. The molecule has 2 aliphatic rings. The van der Waals surface area contributed by atoms with Crippen LogP contribution in [0.2, 0.25) is 0 Å². The van der Waals surface area contributed by atoms with Crippen molar-refractivity contribution in [2.24, 2.45) is 5.92 Å². The van der Waals surface area contributed by atoms with Crippen molar-refractivity contribution in [3.8, 4) is 11.6 Å². The van der Waals surface area contributed by atoms with Crippen molar-refractivity contribution in [1.29, 1.82) is 0 Å². The van der Waals surface area contributed by atoms with Crippen LogP contribution in [0.25, 0.3) is 0 Å². The van der Waals surface area contributed by atoms with Crippen LogP contribution in [0.5, 0.6) is 11.6 Å². The fourth-order valence-electron chi connectivity index (χ4n) is 4.31. The molecule has 0 saturated carbocycles. The normalized spacial score (nSPS) is 18.5. The van der Waals surface area contributed by atoms with Crippen LogP contribution in [0.15, 0.2) is 36.5 Å². The molecule has 3 heterocycles. The summed E-state index contributed by atoms with van der Waals surface area (Å²) in [5, 5.41) is 3.01. The number of rotatable bonds is 5. The zero-order chi connectivity index (χ0) is 22.5. The second kappa shape index (κ2) is 10.0. The van der Waals surface area contributed by atoms with Crippen LogP contribution < -0.4 is 10.1 Å². The summed E-state index contributed by atoms with van der Waals surface area (Å²) in [7, 11) is 0. The molecule has 2 fully saturated rings. The smallest absolute Gasteiger partial charge is 0.320 e. The number of urea groups is 1. The number of likely N-dealkylation sites (tertiary alicyclic amines) is 2. The van der Waals surface area contributed by atoms with Gasteiger partial charge in [-0.05, 0) is 62.3 Å². The molecule has 1 atom stereocenters. The van der Waals surface area contributed by atoms with Gasteiger partial charge in [0.15, 0.2) is 0 Å². The van der Waals surface area contributed by atoms with Gasteiger partial charge in [-0.25, -0.2) is 9.78 Å². The second-order valence-electron chi connectivity index (χ2n) is 8.86. The van der Waals surface area contributed by atoms with E-state index in [1.807, 2.05) is 47.9 Å². The zero-order valence-electron chi connectivity index (χ0n) is 19.0. The monoisotopic (exact) mass is 436 g/mol. The molecule has 170 valence electrons. The van der Waals surface area contributed by atoms with Gasteiger partial charge >= 0.3 is 6.03 Å². The molecule has 2 aliphatic heterocycles. The van der Waals surface area contributed by atoms with Crippen molar-refractivity contribution in [3.05, 3.63) is 53.2 Å². The molecular weight excluding hydrogens is 404 g/mol. The minimum atomic E-state index is -0.157. The lowest BCUT2D eigenvalue weighted by Gasteiger charge is -2.34. The molecular formula is C25H32N4O3. The lowest BCUT2D eigenvalue weighted by molar-refractivity contribution is -0.126. The second-order valence-corrected chi connectivity index (χ2v) is 8.86. The first-order valence-corrected chi connectivity index (χ1v) is 11.5. The van der Waals surface area contributed by atoms with Gasteiger partial charge in [0.05, 0.1) is 5.92 Å². The van der Waals surface area contributed by atoms with Crippen LogP contribution in [-0.2, 0) is 11.3 Å². The van der Waals surface area contributed by atoms with E-state index < -0.39 is 0 Å². The Balaban J connectivity index is 1.28. The summed E-state index contributed by atoms with van der Waals surface area (Å²) in [6.45, 7) is 7.35. The van der Waals surface area contributed by atoms with Gasteiger partial charge < -0.3 is 19.9 Å². The minimum absolute atomic E-state index is 0.000339. The lowest BCUT2D eigenvalue weighted by atomic mass is 9.97. The van der Waals surface area contributed by atoms with E-state index >= 15 is 0 Å². The number of benzene rings is 1. The molecule has 0 spiro atoms. The summed E-state index contributed by atoms with van der Waals surface area (Å²) in [6.07, 6.45) is 5.56. The molecule has 1 aromatic carbocycles. The maximum atomic E-state index is 12.7. The molecule has 4 rings (SSSR count). The Morgan fingerprint density at radius 1 is 1.06 bits per heavy atom. The van der Waals surface area contributed by atoms with Gasteiger partial charge in [0.2, 0.25) is 11.8 Å². The molecule has 1 N–H and O–H groups in total. The third kappa shape index (κ3) is 5.39. The van der Waals surface area contributed by atoms with Gasteiger partial charge in [-0.3, -0.25) is 4.79 Å². The van der Waals surface area contributed by atoms with E-state index in [0.717, 1.165) is 67.8 Å². The average molecular weight is 437 g/mol. The summed E-state index contributed by atoms with van der Waals surface area (Å²) in [4.78, 5) is 33.5. The van der Waals surface area contributed by atoms with E-state index in [1.165, 1.54) is 0 Å². The Bertz CT molecular complexity index is 954. The summed E-state index contributed by atoms with van der Waals surface area (Å²) < 4.78 is 5.90. The fraction of sp³-hybridized carbons (Fsp3) is 0.480. The van der Waals surface area contributed by atoms with Gasteiger partial charge in [-0.2, -0.15) is 0 Å². The number of piperidine rings is 1. The third-order valence-corrected chi connectivity index (χ3v) is 6.26. The zero-order valence-corrected chi connectivity index (χ0v) is 19.0. The number of pyridine rings is 1. The van der Waals surface area contributed by atoms with Crippen LogP contribution >= 0.6 is 0 Å².